The number of amides is 1. The Morgan fingerprint density at radius 1 is 0.951 bits per heavy atom. The minimum absolute atomic E-state index is 0.259. The van der Waals surface area contributed by atoms with E-state index in [1.165, 1.54) is 3.97 Å². The van der Waals surface area contributed by atoms with Crippen molar-refractivity contribution < 1.29 is 17.9 Å². The number of ether oxygens (including phenoxy) is 1. The zero-order chi connectivity index (χ0) is 29.5. The number of alkyl carbamates (subject to hydrolysis) is 1. The zero-order valence-electron chi connectivity index (χ0n) is 24.3. The van der Waals surface area contributed by atoms with Gasteiger partial charge in [-0.25, -0.2) is 17.2 Å². The van der Waals surface area contributed by atoms with Crippen molar-refractivity contribution >= 4 is 27.0 Å². The largest absolute Gasteiger partial charge is 0.444 e. The Labute approximate surface area is 243 Å². The van der Waals surface area contributed by atoms with Crippen LogP contribution in [-0.4, -0.2) is 47.1 Å². The highest BCUT2D eigenvalue weighted by Crippen LogP contribution is 2.27. The lowest BCUT2D eigenvalue weighted by atomic mass is 10.1. The van der Waals surface area contributed by atoms with E-state index in [0.29, 0.717) is 25.2 Å². The number of hydrogen-bond acceptors (Lipinski definition) is 6. The Bertz CT molecular complexity index is 1540. The normalized spacial score (nSPS) is 12.1. The summed E-state index contributed by atoms with van der Waals surface area (Å²) in [6, 6.07) is 20.3. The minimum atomic E-state index is -3.75. The summed E-state index contributed by atoms with van der Waals surface area (Å²) in [5, 5.41) is 3.74. The zero-order valence-corrected chi connectivity index (χ0v) is 25.2. The summed E-state index contributed by atoms with van der Waals surface area (Å²) in [5.74, 6) is 0. The lowest BCUT2D eigenvalue weighted by Gasteiger charge is -2.22. The Kier molecular flexibility index (Phi) is 9.83. The van der Waals surface area contributed by atoms with Gasteiger partial charge >= 0.3 is 6.09 Å². The van der Waals surface area contributed by atoms with Gasteiger partial charge in [0.15, 0.2) is 0 Å². The number of aryl methyl sites for hydroxylation is 1. The molecule has 2 aromatic carbocycles. The van der Waals surface area contributed by atoms with Crippen molar-refractivity contribution in [1.29, 1.82) is 0 Å². The van der Waals surface area contributed by atoms with Crippen molar-refractivity contribution in [3.05, 3.63) is 95.9 Å². The fourth-order valence-electron chi connectivity index (χ4n) is 4.70. The standard InChI is InChI=1S/C32H40N4O4S/c1-25-17-18-26(21-34-25)22-35(20-12-6-11-19-33-31(37)40-32(2,3)4)23-27-24-36(30-16-10-9-15-29(27)30)41(38,39)28-13-7-5-8-14-28/h5,7-10,13-18,21,24H,6,11-12,19-20,22-23H2,1-4H3,(H,33,37). The summed E-state index contributed by atoms with van der Waals surface area (Å²) in [6.45, 7) is 10.1. The Hall–Kier alpha value is -3.69. The molecular formula is C32H40N4O4S. The van der Waals surface area contributed by atoms with Crippen LogP contribution in [0.5, 0.6) is 0 Å². The fraction of sp³-hybridized carbons (Fsp3) is 0.375. The third-order valence-electron chi connectivity index (χ3n) is 6.65. The topological polar surface area (TPSA) is 93.5 Å². The third-order valence-corrected chi connectivity index (χ3v) is 8.34. The molecule has 2 heterocycles. The van der Waals surface area contributed by atoms with E-state index in [2.05, 4.69) is 21.3 Å². The van der Waals surface area contributed by atoms with Gasteiger partial charge in [-0.3, -0.25) is 9.88 Å². The molecule has 9 heteroatoms. The molecule has 0 aliphatic rings. The van der Waals surface area contributed by atoms with E-state index in [1.54, 1.807) is 30.5 Å². The Morgan fingerprint density at radius 3 is 2.39 bits per heavy atom. The van der Waals surface area contributed by atoms with Gasteiger partial charge in [-0.1, -0.05) is 48.9 Å². The quantitative estimate of drug-likeness (QED) is 0.200. The maximum Gasteiger partial charge on any atom is 0.407 e. The van der Waals surface area contributed by atoms with Crippen LogP contribution in [0.2, 0.25) is 0 Å². The molecule has 8 nitrogen and oxygen atoms in total. The highest BCUT2D eigenvalue weighted by atomic mass is 32.2. The van der Waals surface area contributed by atoms with Crippen LogP contribution in [0.1, 0.15) is 56.9 Å². The number of aromatic nitrogens is 2. The van der Waals surface area contributed by atoms with E-state index in [9.17, 15) is 13.2 Å². The summed E-state index contributed by atoms with van der Waals surface area (Å²) >= 11 is 0. The van der Waals surface area contributed by atoms with Gasteiger partial charge in [0.1, 0.15) is 5.60 Å². The number of carbonyl (C=O) groups is 1. The van der Waals surface area contributed by atoms with Crippen LogP contribution >= 0.6 is 0 Å². The van der Waals surface area contributed by atoms with Crippen LogP contribution in [0, 0.1) is 6.92 Å². The Balaban J connectivity index is 1.49. The molecule has 41 heavy (non-hydrogen) atoms. The van der Waals surface area contributed by atoms with Gasteiger partial charge in [-0.15, -0.1) is 0 Å². The van der Waals surface area contributed by atoms with E-state index >= 15 is 0 Å². The van der Waals surface area contributed by atoms with Crippen LogP contribution in [0.4, 0.5) is 4.79 Å². The SMILES string of the molecule is Cc1ccc(CN(CCCCCNC(=O)OC(C)(C)C)Cc2cn(S(=O)(=O)c3ccccc3)c3ccccc23)cn1. The molecule has 1 amide bonds. The predicted molar refractivity (Wildman–Crippen MR) is 162 cm³/mol. The maximum absolute atomic E-state index is 13.6. The Morgan fingerprint density at radius 2 is 1.68 bits per heavy atom. The second-order valence-electron chi connectivity index (χ2n) is 11.3. The number of nitrogens with zero attached hydrogens (tertiary/aromatic N) is 3. The number of nitrogens with one attached hydrogen (secondary N) is 1. The van der Waals surface area contributed by atoms with Crippen LogP contribution in [0.15, 0.2) is 84.0 Å². The molecule has 4 aromatic rings. The van der Waals surface area contributed by atoms with Crippen molar-refractivity contribution in [3.8, 4) is 0 Å². The molecule has 0 saturated carbocycles. The van der Waals surface area contributed by atoms with Gasteiger partial charge in [0.25, 0.3) is 10.0 Å². The molecule has 0 aliphatic carbocycles. The highest BCUT2D eigenvalue weighted by Gasteiger charge is 2.22. The molecule has 0 bridgehead atoms. The molecule has 0 spiro atoms. The average Bonchev–Trinajstić information content (AvgIpc) is 3.30. The molecular weight excluding hydrogens is 536 g/mol. The first-order valence-corrected chi connectivity index (χ1v) is 15.5. The molecule has 0 unspecified atom stereocenters. The molecule has 4 rings (SSSR count). The number of hydrogen-bond donors (Lipinski definition) is 1. The van der Waals surface area contributed by atoms with Gasteiger partial charge in [-0.05, 0) is 82.5 Å². The lowest BCUT2D eigenvalue weighted by molar-refractivity contribution is 0.0526. The van der Waals surface area contributed by atoms with Crippen molar-refractivity contribution in [3.63, 3.8) is 0 Å². The second-order valence-corrected chi connectivity index (χ2v) is 13.1. The molecule has 218 valence electrons. The number of unbranched alkanes of at least 4 members (excludes halogenated alkanes) is 2. The summed E-state index contributed by atoms with van der Waals surface area (Å²) in [7, 11) is -3.75. The summed E-state index contributed by atoms with van der Waals surface area (Å²) in [4.78, 5) is 19.0. The number of para-hydroxylation sites is 1. The van der Waals surface area contributed by atoms with Crippen LogP contribution in [0.25, 0.3) is 10.9 Å². The van der Waals surface area contributed by atoms with E-state index in [-0.39, 0.29) is 4.90 Å². The van der Waals surface area contributed by atoms with Gasteiger partial charge in [0, 0.05) is 43.1 Å². The van der Waals surface area contributed by atoms with Crippen molar-refractivity contribution in [2.75, 3.05) is 13.1 Å². The van der Waals surface area contributed by atoms with E-state index in [4.69, 9.17) is 4.74 Å². The summed E-state index contributed by atoms with van der Waals surface area (Å²) < 4.78 is 33.8. The summed E-state index contributed by atoms with van der Waals surface area (Å²) in [6.07, 6.45) is 5.97. The van der Waals surface area contributed by atoms with E-state index < -0.39 is 21.7 Å². The molecule has 0 radical (unpaired) electrons. The van der Waals surface area contributed by atoms with Crippen molar-refractivity contribution in [1.82, 2.24) is 19.2 Å². The third kappa shape index (κ3) is 8.41. The number of carbonyl (C=O) groups excluding carboxylic acids is 1. The monoisotopic (exact) mass is 576 g/mol. The number of rotatable bonds is 12. The smallest absolute Gasteiger partial charge is 0.407 e. The van der Waals surface area contributed by atoms with Crippen molar-refractivity contribution in [2.45, 2.75) is 70.5 Å². The van der Waals surface area contributed by atoms with Crippen LogP contribution in [-0.2, 0) is 27.8 Å². The van der Waals surface area contributed by atoms with E-state index in [0.717, 1.165) is 48.0 Å². The first-order valence-electron chi connectivity index (χ1n) is 14.0. The van der Waals surface area contributed by atoms with Gasteiger partial charge < -0.3 is 10.1 Å². The van der Waals surface area contributed by atoms with Gasteiger partial charge in [0.05, 0.1) is 10.4 Å². The molecule has 0 aliphatic heterocycles. The molecule has 1 N–H and O–H groups in total. The number of fused-ring (bicyclic) bond motifs is 1. The van der Waals surface area contributed by atoms with E-state index in [1.807, 2.05) is 70.3 Å². The van der Waals surface area contributed by atoms with Gasteiger partial charge in [-0.2, -0.15) is 0 Å². The van der Waals surface area contributed by atoms with Crippen LogP contribution in [0.3, 0.4) is 0 Å². The van der Waals surface area contributed by atoms with Crippen LogP contribution < -0.4 is 5.32 Å². The fourth-order valence-corrected chi connectivity index (χ4v) is 6.11. The molecule has 0 fully saturated rings. The first-order chi connectivity index (χ1) is 19.5. The lowest BCUT2D eigenvalue weighted by Crippen LogP contribution is -2.33. The number of pyridine rings is 1. The molecule has 0 saturated heterocycles. The molecule has 2 aromatic heterocycles. The van der Waals surface area contributed by atoms with Crippen molar-refractivity contribution in [2.24, 2.45) is 0 Å². The average molecular weight is 577 g/mol. The highest BCUT2D eigenvalue weighted by molar-refractivity contribution is 7.90. The molecule has 0 atom stereocenters. The summed E-state index contributed by atoms with van der Waals surface area (Å²) in [5.41, 5.74) is 3.16. The minimum Gasteiger partial charge on any atom is -0.444 e. The van der Waals surface area contributed by atoms with Gasteiger partial charge in [0.2, 0.25) is 0 Å². The second kappa shape index (κ2) is 13.3. The first kappa shape index (κ1) is 30.3. The number of benzene rings is 2. The predicted octanol–water partition coefficient (Wildman–Crippen LogP) is 6.28. The maximum atomic E-state index is 13.6.